The SMILES string of the molecule is CC1CN(C(=O)Nc2ccc(Cl)cc2F)c2ccc(-c3cnc(N4CCC(C(=O)O)C4)nc3)cc2O1. The summed E-state index contributed by atoms with van der Waals surface area (Å²) in [5.74, 6) is -0.847. The van der Waals surface area contributed by atoms with Crippen molar-refractivity contribution in [3.63, 3.8) is 0 Å². The highest BCUT2D eigenvalue weighted by molar-refractivity contribution is 6.30. The molecule has 186 valence electrons. The number of amides is 2. The molecule has 36 heavy (non-hydrogen) atoms. The van der Waals surface area contributed by atoms with Crippen LogP contribution >= 0.6 is 11.6 Å². The van der Waals surface area contributed by atoms with Gasteiger partial charge in [-0.25, -0.2) is 19.2 Å². The Labute approximate surface area is 211 Å². The number of aliphatic carboxylic acids is 1. The monoisotopic (exact) mass is 511 g/mol. The lowest BCUT2D eigenvalue weighted by atomic mass is 10.1. The van der Waals surface area contributed by atoms with E-state index in [0.717, 1.165) is 17.2 Å². The maximum atomic E-state index is 14.2. The van der Waals surface area contributed by atoms with E-state index in [4.69, 9.17) is 16.3 Å². The fourth-order valence-electron chi connectivity index (χ4n) is 4.36. The highest BCUT2D eigenvalue weighted by Crippen LogP contribution is 2.37. The lowest BCUT2D eigenvalue weighted by Gasteiger charge is -2.33. The molecule has 0 bridgehead atoms. The number of nitrogens with zero attached hydrogens (tertiary/aromatic N) is 4. The second-order valence-corrected chi connectivity index (χ2v) is 9.25. The Morgan fingerprint density at radius 3 is 2.61 bits per heavy atom. The van der Waals surface area contributed by atoms with Crippen LogP contribution in [0.3, 0.4) is 0 Å². The number of carbonyl (C=O) groups excluding carboxylic acids is 1. The van der Waals surface area contributed by atoms with E-state index < -0.39 is 23.7 Å². The molecule has 2 aromatic carbocycles. The van der Waals surface area contributed by atoms with Gasteiger partial charge < -0.3 is 20.1 Å². The van der Waals surface area contributed by atoms with E-state index in [1.165, 1.54) is 17.0 Å². The summed E-state index contributed by atoms with van der Waals surface area (Å²) in [5.41, 5.74) is 2.13. The molecular weight excluding hydrogens is 489 g/mol. The van der Waals surface area contributed by atoms with Gasteiger partial charge in [0.1, 0.15) is 17.7 Å². The minimum Gasteiger partial charge on any atom is -0.487 e. The summed E-state index contributed by atoms with van der Waals surface area (Å²) in [5, 5.41) is 12.0. The molecule has 0 saturated carbocycles. The summed E-state index contributed by atoms with van der Waals surface area (Å²) in [6.45, 7) is 3.12. The van der Waals surface area contributed by atoms with Crippen molar-refractivity contribution in [3.8, 4) is 16.9 Å². The van der Waals surface area contributed by atoms with Crippen LogP contribution in [0.4, 0.5) is 26.5 Å². The van der Waals surface area contributed by atoms with E-state index in [-0.39, 0.29) is 16.8 Å². The van der Waals surface area contributed by atoms with Crippen LogP contribution in [0.25, 0.3) is 11.1 Å². The fourth-order valence-corrected chi connectivity index (χ4v) is 4.52. The van der Waals surface area contributed by atoms with Crippen molar-refractivity contribution in [1.82, 2.24) is 9.97 Å². The summed E-state index contributed by atoms with van der Waals surface area (Å²) >= 11 is 5.80. The Balaban J connectivity index is 1.35. The zero-order valence-corrected chi connectivity index (χ0v) is 20.1. The van der Waals surface area contributed by atoms with Crippen LogP contribution in [-0.2, 0) is 4.79 Å². The molecule has 2 aliphatic rings. The van der Waals surface area contributed by atoms with E-state index in [1.807, 2.05) is 24.0 Å². The number of anilines is 3. The number of carboxylic acid groups (broad SMARTS) is 1. The van der Waals surface area contributed by atoms with Gasteiger partial charge >= 0.3 is 12.0 Å². The molecular formula is C25H23ClFN5O4. The standard InChI is InChI=1S/C25H23ClFN5O4/c1-14-12-32(25(35)30-20-4-3-18(26)9-19(20)27)21-5-2-15(8-22(21)36-14)17-10-28-24(29-11-17)31-7-6-16(13-31)23(33)34/h2-5,8-11,14,16H,6-7,12-13H2,1H3,(H,30,35)(H,33,34). The number of fused-ring (bicyclic) bond motifs is 1. The summed E-state index contributed by atoms with van der Waals surface area (Å²) in [6.07, 6.45) is 3.64. The van der Waals surface area contributed by atoms with Crippen LogP contribution in [0.2, 0.25) is 5.02 Å². The highest BCUT2D eigenvalue weighted by atomic mass is 35.5. The van der Waals surface area contributed by atoms with Gasteiger partial charge in [0.2, 0.25) is 5.95 Å². The predicted octanol–water partition coefficient (Wildman–Crippen LogP) is 4.67. The third kappa shape index (κ3) is 4.76. The molecule has 5 rings (SSSR count). The molecule has 1 aromatic heterocycles. The molecule has 0 spiro atoms. The van der Waals surface area contributed by atoms with Crippen molar-refractivity contribution in [2.45, 2.75) is 19.4 Å². The van der Waals surface area contributed by atoms with E-state index in [0.29, 0.717) is 43.4 Å². The van der Waals surface area contributed by atoms with Crippen LogP contribution in [0.5, 0.6) is 5.75 Å². The number of hydrogen-bond acceptors (Lipinski definition) is 6. The number of aromatic nitrogens is 2. The molecule has 9 nitrogen and oxygen atoms in total. The summed E-state index contributed by atoms with van der Waals surface area (Å²) in [4.78, 5) is 36.4. The van der Waals surface area contributed by atoms with Gasteiger partial charge in [-0.3, -0.25) is 9.69 Å². The van der Waals surface area contributed by atoms with Gasteiger partial charge in [-0.15, -0.1) is 0 Å². The van der Waals surface area contributed by atoms with Gasteiger partial charge in [0.15, 0.2) is 0 Å². The maximum absolute atomic E-state index is 14.2. The predicted molar refractivity (Wildman–Crippen MR) is 133 cm³/mol. The van der Waals surface area contributed by atoms with E-state index >= 15 is 0 Å². The van der Waals surface area contributed by atoms with Crippen molar-refractivity contribution >= 4 is 40.9 Å². The smallest absolute Gasteiger partial charge is 0.326 e. The molecule has 2 amide bonds. The van der Waals surface area contributed by atoms with Gasteiger partial charge in [0.25, 0.3) is 0 Å². The molecule has 2 atom stereocenters. The largest absolute Gasteiger partial charge is 0.487 e. The molecule has 0 aliphatic carbocycles. The first-order valence-electron chi connectivity index (χ1n) is 11.4. The number of hydrogen-bond donors (Lipinski definition) is 2. The van der Waals surface area contributed by atoms with Crippen molar-refractivity contribution < 1.29 is 23.8 Å². The van der Waals surface area contributed by atoms with Crippen molar-refractivity contribution in [1.29, 1.82) is 0 Å². The third-order valence-electron chi connectivity index (χ3n) is 6.23. The Bertz CT molecular complexity index is 1320. The Hall–Kier alpha value is -3.92. The average Bonchev–Trinajstić information content (AvgIpc) is 3.36. The summed E-state index contributed by atoms with van der Waals surface area (Å²) < 4.78 is 20.2. The number of ether oxygens (including phenoxy) is 1. The highest BCUT2D eigenvalue weighted by Gasteiger charge is 2.30. The summed E-state index contributed by atoms with van der Waals surface area (Å²) in [6, 6.07) is 8.97. The number of nitrogens with one attached hydrogen (secondary N) is 1. The molecule has 1 saturated heterocycles. The maximum Gasteiger partial charge on any atom is 0.326 e. The van der Waals surface area contributed by atoms with Crippen molar-refractivity contribution in [2.24, 2.45) is 5.92 Å². The van der Waals surface area contributed by atoms with Crippen LogP contribution in [0.1, 0.15) is 13.3 Å². The molecule has 2 N–H and O–H groups in total. The molecule has 11 heteroatoms. The quantitative estimate of drug-likeness (QED) is 0.524. The average molecular weight is 512 g/mol. The molecule has 3 heterocycles. The molecule has 0 radical (unpaired) electrons. The minimum absolute atomic E-state index is 0.0339. The fraction of sp³-hybridized carbons (Fsp3) is 0.280. The van der Waals surface area contributed by atoms with E-state index in [9.17, 15) is 19.1 Å². The van der Waals surface area contributed by atoms with Gasteiger partial charge in [-0.1, -0.05) is 17.7 Å². The minimum atomic E-state index is -0.807. The van der Waals surface area contributed by atoms with Gasteiger partial charge in [-0.2, -0.15) is 0 Å². The molecule has 3 aromatic rings. The Morgan fingerprint density at radius 2 is 1.92 bits per heavy atom. The Morgan fingerprint density at radius 1 is 1.14 bits per heavy atom. The number of carboxylic acids is 1. The molecule has 2 unspecified atom stereocenters. The van der Waals surface area contributed by atoms with Crippen LogP contribution < -0.4 is 19.9 Å². The topological polar surface area (TPSA) is 108 Å². The van der Waals surface area contributed by atoms with Crippen molar-refractivity contribution in [3.05, 3.63) is 59.6 Å². The van der Waals surface area contributed by atoms with Crippen molar-refractivity contribution in [2.75, 3.05) is 34.8 Å². The normalized spacial score (nSPS) is 19.0. The first-order chi connectivity index (χ1) is 17.3. The number of benzene rings is 2. The number of halogens is 2. The molecule has 1 fully saturated rings. The van der Waals surface area contributed by atoms with E-state index in [2.05, 4.69) is 15.3 Å². The zero-order chi connectivity index (χ0) is 25.4. The lowest BCUT2D eigenvalue weighted by molar-refractivity contribution is -0.140. The summed E-state index contributed by atoms with van der Waals surface area (Å²) in [7, 11) is 0. The Kier molecular flexibility index (Phi) is 6.36. The lowest BCUT2D eigenvalue weighted by Crippen LogP contribution is -2.44. The second-order valence-electron chi connectivity index (χ2n) is 8.82. The zero-order valence-electron chi connectivity index (χ0n) is 19.3. The molecule has 2 aliphatic heterocycles. The van der Waals surface area contributed by atoms with Crippen LogP contribution in [0.15, 0.2) is 48.8 Å². The second kappa shape index (κ2) is 9.62. The number of urea groups is 1. The first-order valence-corrected chi connectivity index (χ1v) is 11.8. The first kappa shape index (κ1) is 23.8. The third-order valence-corrected chi connectivity index (χ3v) is 6.46. The van der Waals surface area contributed by atoms with Crippen LogP contribution in [0, 0.1) is 11.7 Å². The van der Waals surface area contributed by atoms with E-state index in [1.54, 1.807) is 18.5 Å². The number of rotatable bonds is 4. The van der Waals surface area contributed by atoms with Gasteiger partial charge in [0.05, 0.1) is 23.8 Å². The van der Waals surface area contributed by atoms with Gasteiger partial charge in [-0.05, 0) is 49.2 Å². The number of carbonyl (C=O) groups is 2. The van der Waals surface area contributed by atoms with Gasteiger partial charge in [0, 0.05) is 36.1 Å². The van der Waals surface area contributed by atoms with Crippen LogP contribution in [-0.4, -0.2) is 52.8 Å².